The molecule has 2 aromatic rings. The van der Waals surface area contributed by atoms with Crippen LogP contribution in [0.5, 0.6) is 0 Å². The first kappa shape index (κ1) is 18.1. The van der Waals surface area contributed by atoms with Crippen molar-refractivity contribution in [2.24, 2.45) is 11.7 Å². The zero-order valence-electron chi connectivity index (χ0n) is 14.9. The molecule has 26 heavy (non-hydrogen) atoms. The topological polar surface area (TPSA) is 88.3 Å². The number of pyridine rings is 1. The quantitative estimate of drug-likeness (QED) is 0.862. The van der Waals surface area contributed by atoms with Crippen LogP contribution in [0.2, 0.25) is 0 Å². The van der Waals surface area contributed by atoms with E-state index in [9.17, 15) is 9.59 Å². The first-order valence-corrected chi connectivity index (χ1v) is 8.85. The molecule has 0 radical (unpaired) electrons. The number of carbonyl (C=O) groups is 2. The van der Waals surface area contributed by atoms with E-state index in [2.05, 4.69) is 10.3 Å². The average molecular weight is 352 g/mol. The van der Waals surface area contributed by atoms with Gasteiger partial charge in [-0.3, -0.25) is 14.6 Å². The second-order valence-corrected chi connectivity index (χ2v) is 6.75. The molecule has 6 heteroatoms. The fourth-order valence-electron chi connectivity index (χ4n) is 3.23. The molecule has 2 atom stereocenters. The molecule has 0 saturated heterocycles. The van der Waals surface area contributed by atoms with Gasteiger partial charge in [-0.2, -0.15) is 0 Å². The molecular weight excluding hydrogens is 328 g/mol. The first-order valence-electron chi connectivity index (χ1n) is 8.85. The minimum Gasteiger partial charge on any atom is -0.352 e. The van der Waals surface area contributed by atoms with Crippen molar-refractivity contribution in [1.29, 1.82) is 0 Å². The minimum absolute atomic E-state index is 0.0355. The smallest absolute Gasteiger partial charge is 0.258 e. The summed E-state index contributed by atoms with van der Waals surface area (Å²) < 4.78 is 0. The summed E-state index contributed by atoms with van der Waals surface area (Å²) in [4.78, 5) is 30.1. The molecule has 3 rings (SSSR count). The summed E-state index contributed by atoms with van der Waals surface area (Å²) in [6.45, 7) is 0.479. The third-order valence-electron chi connectivity index (χ3n) is 4.87. The van der Waals surface area contributed by atoms with Gasteiger partial charge in [-0.25, -0.2) is 0 Å². The third-order valence-corrected chi connectivity index (χ3v) is 4.87. The summed E-state index contributed by atoms with van der Waals surface area (Å²) in [5, 5.41) is 2.98. The van der Waals surface area contributed by atoms with Crippen LogP contribution in [0, 0.1) is 5.92 Å². The van der Waals surface area contributed by atoms with E-state index in [1.165, 1.54) is 0 Å². The Morgan fingerprint density at radius 3 is 2.46 bits per heavy atom. The lowest BCUT2D eigenvalue weighted by molar-refractivity contribution is -0.125. The average Bonchev–Trinajstić information content (AvgIpc) is 3.12. The van der Waals surface area contributed by atoms with Crippen molar-refractivity contribution < 1.29 is 9.59 Å². The van der Waals surface area contributed by atoms with E-state index in [0.717, 1.165) is 30.5 Å². The number of rotatable bonds is 5. The Labute approximate surface area is 153 Å². The Morgan fingerprint density at radius 1 is 1.15 bits per heavy atom. The fraction of sp³-hybridized carbons (Fsp3) is 0.350. The van der Waals surface area contributed by atoms with Crippen LogP contribution in [0.1, 0.15) is 35.2 Å². The van der Waals surface area contributed by atoms with Gasteiger partial charge < -0.3 is 16.0 Å². The maximum absolute atomic E-state index is 12.4. The van der Waals surface area contributed by atoms with Gasteiger partial charge >= 0.3 is 0 Å². The molecule has 1 aromatic heterocycles. The van der Waals surface area contributed by atoms with Gasteiger partial charge in [-0.05, 0) is 49.1 Å². The Hall–Kier alpha value is -2.73. The molecular formula is C20H24N4O2. The molecule has 1 heterocycles. The van der Waals surface area contributed by atoms with Crippen molar-refractivity contribution in [3.8, 4) is 0 Å². The Morgan fingerprint density at radius 2 is 1.85 bits per heavy atom. The Kier molecular flexibility index (Phi) is 5.63. The normalized spacial score (nSPS) is 19.2. The van der Waals surface area contributed by atoms with Crippen LogP contribution in [0.15, 0.2) is 48.8 Å². The highest BCUT2D eigenvalue weighted by Gasteiger charge is 2.27. The molecule has 0 bridgehead atoms. The molecule has 1 aromatic carbocycles. The molecule has 2 amide bonds. The number of aromatic nitrogens is 1. The molecule has 6 nitrogen and oxygen atoms in total. The first-order chi connectivity index (χ1) is 12.5. The number of hydrogen-bond acceptors (Lipinski definition) is 4. The van der Waals surface area contributed by atoms with E-state index in [0.29, 0.717) is 12.1 Å². The van der Waals surface area contributed by atoms with E-state index < -0.39 is 0 Å². The van der Waals surface area contributed by atoms with E-state index >= 15 is 0 Å². The Balaban J connectivity index is 1.56. The number of nitrogens with two attached hydrogens (primary N) is 1. The third kappa shape index (κ3) is 4.26. The number of carbonyl (C=O) groups excluding carboxylic acids is 2. The Bertz CT molecular complexity index is 761. The molecule has 0 aliphatic heterocycles. The summed E-state index contributed by atoms with van der Waals surface area (Å²) in [6.07, 6.45) is 5.76. The number of benzene rings is 1. The zero-order valence-corrected chi connectivity index (χ0v) is 14.9. The van der Waals surface area contributed by atoms with Crippen LogP contribution in [0.3, 0.4) is 0 Å². The van der Waals surface area contributed by atoms with Crippen LogP contribution < -0.4 is 16.0 Å². The predicted molar refractivity (Wildman–Crippen MR) is 101 cm³/mol. The molecule has 1 saturated carbocycles. The van der Waals surface area contributed by atoms with E-state index in [1.807, 2.05) is 24.3 Å². The van der Waals surface area contributed by atoms with Gasteiger partial charge in [0, 0.05) is 49.2 Å². The number of anilines is 1. The summed E-state index contributed by atoms with van der Waals surface area (Å²) in [5.41, 5.74) is 8.25. The number of amides is 2. The van der Waals surface area contributed by atoms with E-state index in [-0.39, 0.29) is 23.8 Å². The van der Waals surface area contributed by atoms with Crippen molar-refractivity contribution in [2.45, 2.75) is 31.8 Å². The van der Waals surface area contributed by atoms with Crippen molar-refractivity contribution in [2.75, 3.05) is 11.9 Å². The van der Waals surface area contributed by atoms with Crippen molar-refractivity contribution in [3.63, 3.8) is 0 Å². The number of nitrogens with one attached hydrogen (secondary N) is 1. The number of hydrogen-bond donors (Lipinski definition) is 2. The van der Waals surface area contributed by atoms with Crippen LogP contribution in [0.25, 0.3) is 0 Å². The van der Waals surface area contributed by atoms with Crippen LogP contribution in [-0.2, 0) is 11.3 Å². The highest BCUT2D eigenvalue weighted by molar-refractivity contribution is 6.05. The summed E-state index contributed by atoms with van der Waals surface area (Å²) >= 11 is 0. The maximum atomic E-state index is 12.4. The summed E-state index contributed by atoms with van der Waals surface area (Å²) in [6, 6.07) is 11.1. The summed E-state index contributed by atoms with van der Waals surface area (Å²) in [5.74, 6) is 0.0198. The van der Waals surface area contributed by atoms with E-state index in [4.69, 9.17) is 5.73 Å². The molecule has 1 fully saturated rings. The lowest BCUT2D eigenvalue weighted by Crippen LogP contribution is -2.30. The highest BCUT2D eigenvalue weighted by atomic mass is 16.2. The highest BCUT2D eigenvalue weighted by Crippen LogP contribution is 2.24. The minimum atomic E-state index is -0.0916. The monoisotopic (exact) mass is 352 g/mol. The molecule has 0 spiro atoms. The SMILES string of the molecule is CN(C(=O)c1ccncc1)c1ccc(CNC(=O)C2CCC(N)C2)cc1. The second-order valence-electron chi connectivity index (χ2n) is 6.75. The van der Waals surface area contributed by atoms with Gasteiger partial charge in [-0.15, -0.1) is 0 Å². The predicted octanol–water partition coefficient (Wildman–Crippen LogP) is 2.10. The molecule has 2 unspecified atom stereocenters. The summed E-state index contributed by atoms with van der Waals surface area (Å²) in [7, 11) is 1.74. The van der Waals surface area contributed by atoms with Gasteiger partial charge in [0.2, 0.25) is 5.91 Å². The lowest BCUT2D eigenvalue weighted by atomic mass is 10.1. The van der Waals surface area contributed by atoms with Gasteiger partial charge in [-0.1, -0.05) is 12.1 Å². The molecule has 136 valence electrons. The van der Waals surface area contributed by atoms with Crippen molar-refractivity contribution in [1.82, 2.24) is 10.3 Å². The lowest BCUT2D eigenvalue weighted by Gasteiger charge is -2.18. The van der Waals surface area contributed by atoms with Gasteiger partial charge in [0.05, 0.1) is 0 Å². The molecule has 3 N–H and O–H groups in total. The van der Waals surface area contributed by atoms with Gasteiger partial charge in [0.1, 0.15) is 0 Å². The van der Waals surface area contributed by atoms with Crippen LogP contribution in [0.4, 0.5) is 5.69 Å². The zero-order chi connectivity index (χ0) is 18.5. The van der Waals surface area contributed by atoms with Gasteiger partial charge in [0.25, 0.3) is 5.91 Å². The van der Waals surface area contributed by atoms with Crippen LogP contribution in [-0.4, -0.2) is 29.9 Å². The molecule has 1 aliphatic carbocycles. The van der Waals surface area contributed by atoms with Gasteiger partial charge in [0.15, 0.2) is 0 Å². The van der Waals surface area contributed by atoms with Crippen molar-refractivity contribution >= 4 is 17.5 Å². The number of nitrogens with zero attached hydrogens (tertiary/aromatic N) is 2. The van der Waals surface area contributed by atoms with Crippen LogP contribution >= 0.6 is 0 Å². The fourth-order valence-corrected chi connectivity index (χ4v) is 3.23. The standard InChI is InChI=1S/C20H24N4O2/c1-24(20(26)15-8-10-22-11-9-15)18-6-2-14(3-7-18)13-23-19(25)16-4-5-17(21)12-16/h2-3,6-11,16-17H,4-5,12-13,21H2,1H3,(H,23,25). The van der Waals surface area contributed by atoms with E-state index in [1.54, 1.807) is 36.5 Å². The maximum Gasteiger partial charge on any atom is 0.258 e. The molecule has 1 aliphatic rings. The largest absolute Gasteiger partial charge is 0.352 e. The second kappa shape index (κ2) is 8.10. The van der Waals surface area contributed by atoms with Crippen molar-refractivity contribution in [3.05, 3.63) is 59.9 Å².